The standard InChI is InChI=1S/C22H16N2O3S/c25-15-6-3-11(4-7-15)12-5-8-16-17(10-12)28-22(23-16)24-20(26)18-13-1-2-14(9-13)19(18)21(24)27/h1-8,10,13-14,18-19,25H,9H2. The average Bonchev–Trinajstić information content (AvgIpc) is 3.44. The van der Waals surface area contributed by atoms with Crippen molar-refractivity contribution in [3.63, 3.8) is 0 Å². The number of nitrogens with zero attached hydrogens (tertiary/aromatic N) is 2. The molecular weight excluding hydrogens is 372 g/mol. The number of benzene rings is 2. The largest absolute Gasteiger partial charge is 0.508 e. The minimum atomic E-state index is -0.206. The van der Waals surface area contributed by atoms with Crippen molar-refractivity contribution < 1.29 is 14.7 Å². The van der Waals surface area contributed by atoms with E-state index in [1.54, 1.807) is 12.1 Å². The van der Waals surface area contributed by atoms with Gasteiger partial charge in [-0.3, -0.25) is 9.59 Å². The van der Waals surface area contributed by atoms with Gasteiger partial charge in [-0.15, -0.1) is 0 Å². The Kier molecular flexibility index (Phi) is 3.15. The summed E-state index contributed by atoms with van der Waals surface area (Å²) in [5.41, 5.74) is 2.77. The summed E-state index contributed by atoms with van der Waals surface area (Å²) < 4.78 is 0.930. The van der Waals surface area contributed by atoms with Crippen LogP contribution in [0.2, 0.25) is 0 Å². The molecule has 1 saturated carbocycles. The van der Waals surface area contributed by atoms with Crippen LogP contribution in [0.1, 0.15) is 6.42 Å². The van der Waals surface area contributed by atoms with Crippen LogP contribution in [0.5, 0.6) is 5.75 Å². The highest BCUT2D eigenvalue weighted by molar-refractivity contribution is 7.22. The number of hydrogen-bond donors (Lipinski definition) is 1. The number of imide groups is 1. The Morgan fingerprint density at radius 2 is 1.57 bits per heavy atom. The number of hydrogen-bond acceptors (Lipinski definition) is 5. The lowest BCUT2D eigenvalue weighted by atomic mass is 9.85. The van der Waals surface area contributed by atoms with Gasteiger partial charge in [0, 0.05) is 0 Å². The molecule has 6 rings (SSSR count). The SMILES string of the molecule is O=C1C2C3C=CC(C3)C2C(=O)N1c1nc2ccc(-c3ccc(O)cc3)cc2s1. The van der Waals surface area contributed by atoms with Gasteiger partial charge < -0.3 is 5.11 Å². The first-order valence-electron chi connectivity index (χ1n) is 9.36. The molecule has 3 aliphatic rings. The Labute approximate surface area is 164 Å². The van der Waals surface area contributed by atoms with Gasteiger partial charge in [0.15, 0.2) is 5.13 Å². The van der Waals surface area contributed by atoms with Crippen LogP contribution in [-0.4, -0.2) is 21.9 Å². The van der Waals surface area contributed by atoms with Gasteiger partial charge >= 0.3 is 0 Å². The van der Waals surface area contributed by atoms with Crippen LogP contribution >= 0.6 is 11.3 Å². The molecule has 2 bridgehead atoms. The van der Waals surface area contributed by atoms with Gasteiger partial charge in [0.1, 0.15) is 5.75 Å². The molecule has 5 nitrogen and oxygen atoms in total. The second-order valence-electron chi connectivity index (χ2n) is 7.74. The molecule has 2 aromatic carbocycles. The molecular formula is C22H16N2O3S. The third kappa shape index (κ3) is 2.09. The van der Waals surface area contributed by atoms with E-state index in [1.807, 2.05) is 30.3 Å². The number of carbonyl (C=O) groups excluding carboxylic acids is 2. The summed E-state index contributed by atoms with van der Waals surface area (Å²) in [5.74, 6) is 0.0299. The molecule has 2 heterocycles. The summed E-state index contributed by atoms with van der Waals surface area (Å²) in [7, 11) is 0. The number of allylic oxidation sites excluding steroid dienone is 2. The van der Waals surface area contributed by atoms with E-state index in [-0.39, 0.29) is 41.2 Å². The zero-order valence-corrected chi connectivity index (χ0v) is 15.6. The van der Waals surface area contributed by atoms with Crippen molar-refractivity contribution in [3.8, 4) is 16.9 Å². The van der Waals surface area contributed by atoms with Crippen molar-refractivity contribution in [2.45, 2.75) is 6.42 Å². The quantitative estimate of drug-likeness (QED) is 0.532. The van der Waals surface area contributed by atoms with Crippen LogP contribution in [-0.2, 0) is 9.59 Å². The van der Waals surface area contributed by atoms with Gasteiger partial charge in [-0.25, -0.2) is 9.88 Å². The third-order valence-electron chi connectivity index (χ3n) is 6.24. The van der Waals surface area contributed by atoms with E-state index in [9.17, 15) is 14.7 Å². The number of fused-ring (bicyclic) bond motifs is 6. The Balaban J connectivity index is 1.38. The molecule has 6 heteroatoms. The number of phenolic OH excluding ortho intramolecular Hbond substituents is 1. The first-order chi connectivity index (χ1) is 13.6. The van der Waals surface area contributed by atoms with Crippen LogP contribution in [0.3, 0.4) is 0 Å². The third-order valence-corrected chi connectivity index (χ3v) is 7.24. The molecule has 138 valence electrons. The molecule has 0 spiro atoms. The Morgan fingerprint density at radius 3 is 2.25 bits per heavy atom. The van der Waals surface area contributed by atoms with Crippen LogP contribution in [0.25, 0.3) is 21.3 Å². The van der Waals surface area contributed by atoms with Crippen molar-refractivity contribution in [2.24, 2.45) is 23.7 Å². The summed E-state index contributed by atoms with van der Waals surface area (Å²) in [6, 6.07) is 12.9. The summed E-state index contributed by atoms with van der Waals surface area (Å²) in [6.45, 7) is 0. The highest BCUT2D eigenvalue weighted by atomic mass is 32.1. The molecule has 2 fully saturated rings. The lowest BCUT2D eigenvalue weighted by Gasteiger charge is -2.14. The number of aromatic nitrogens is 1. The molecule has 4 unspecified atom stereocenters. The summed E-state index contributed by atoms with van der Waals surface area (Å²) in [5, 5.41) is 9.95. The van der Waals surface area contributed by atoms with E-state index in [0.717, 1.165) is 27.8 Å². The molecule has 0 radical (unpaired) electrons. The number of carbonyl (C=O) groups is 2. The lowest BCUT2D eigenvalue weighted by molar-refractivity contribution is -0.123. The molecule has 3 aromatic rings. The Bertz CT molecular complexity index is 1150. The maximum atomic E-state index is 13.0. The number of amides is 2. The van der Waals surface area contributed by atoms with E-state index in [4.69, 9.17) is 0 Å². The highest BCUT2D eigenvalue weighted by Crippen LogP contribution is 2.53. The predicted molar refractivity (Wildman–Crippen MR) is 107 cm³/mol. The van der Waals surface area contributed by atoms with Gasteiger partial charge in [-0.1, -0.05) is 41.7 Å². The number of rotatable bonds is 2. The molecule has 2 aliphatic carbocycles. The van der Waals surface area contributed by atoms with Crippen LogP contribution in [0, 0.1) is 23.7 Å². The minimum absolute atomic E-state index is 0.0929. The van der Waals surface area contributed by atoms with E-state index < -0.39 is 0 Å². The van der Waals surface area contributed by atoms with Gasteiger partial charge in [0.05, 0.1) is 22.1 Å². The molecule has 1 saturated heterocycles. The molecule has 2 amide bonds. The highest BCUT2D eigenvalue weighted by Gasteiger charge is 2.60. The Hall–Kier alpha value is -2.99. The van der Waals surface area contributed by atoms with Crippen molar-refractivity contribution in [1.29, 1.82) is 0 Å². The fourth-order valence-electron chi connectivity index (χ4n) is 4.93. The molecule has 1 aromatic heterocycles. The second-order valence-corrected chi connectivity index (χ2v) is 8.75. The molecule has 4 atom stereocenters. The Morgan fingerprint density at radius 1 is 0.929 bits per heavy atom. The monoisotopic (exact) mass is 388 g/mol. The first-order valence-corrected chi connectivity index (χ1v) is 10.2. The van der Waals surface area contributed by atoms with E-state index >= 15 is 0 Å². The normalized spacial score (nSPS) is 27.9. The molecule has 28 heavy (non-hydrogen) atoms. The predicted octanol–water partition coefficient (Wildman–Crippen LogP) is 3.98. The number of thiazole rings is 1. The maximum Gasteiger partial charge on any atom is 0.240 e. The number of anilines is 1. The van der Waals surface area contributed by atoms with Crippen molar-refractivity contribution in [1.82, 2.24) is 4.98 Å². The second kappa shape index (κ2) is 5.52. The maximum absolute atomic E-state index is 13.0. The smallest absolute Gasteiger partial charge is 0.240 e. The van der Waals surface area contributed by atoms with Gasteiger partial charge in [-0.2, -0.15) is 0 Å². The zero-order valence-electron chi connectivity index (χ0n) is 14.8. The van der Waals surface area contributed by atoms with E-state index in [0.29, 0.717) is 5.13 Å². The summed E-state index contributed by atoms with van der Waals surface area (Å²) >= 11 is 1.38. The summed E-state index contributed by atoms with van der Waals surface area (Å²) in [4.78, 5) is 31.9. The van der Waals surface area contributed by atoms with Crippen molar-refractivity contribution >= 4 is 38.5 Å². The fourth-order valence-corrected chi connectivity index (χ4v) is 5.95. The van der Waals surface area contributed by atoms with Crippen LogP contribution < -0.4 is 4.90 Å². The lowest BCUT2D eigenvalue weighted by Crippen LogP contribution is -2.32. The van der Waals surface area contributed by atoms with E-state index in [1.165, 1.54) is 16.2 Å². The molecule has 1 N–H and O–H groups in total. The van der Waals surface area contributed by atoms with Crippen molar-refractivity contribution in [2.75, 3.05) is 4.90 Å². The van der Waals surface area contributed by atoms with E-state index in [2.05, 4.69) is 17.1 Å². The van der Waals surface area contributed by atoms with Crippen LogP contribution in [0.4, 0.5) is 5.13 Å². The minimum Gasteiger partial charge on any atom is -0.508 e. The zero-order chi connectivity index (χ0) is 19.0. The van der Waals surface area contributed by atoms with Gasteiger partial charge in [0.2, 0.25) is 11.8 Å². The van der Waals surface area contributed by atoms with Gasteiger partial charge in [0.25, 0.3) is 0 Å². The first kappa shape index (κ1) is 16.0. The average molecular weight is 388 g/mol. The summed E-state index contributed by atoms with van der Waals surface area (Å²) in [6.07, 6.45) is 5.13. The fraction of sp³-hybridized carbons (Fsp3) is 0.227. The van der Waals surface area contributed by atoms with Gasteiger partial charge in [-0.05, 0) is 53.6 Å². The van der Waals surface area contributed by atoms with Crippen LogP contribution in [0.15, 0.2) is 54.6 Å². The number of aromatic hydroxyl groups is 1. The number of phenols is 1. The van der Waals surface area contributed by atoms with Crippen molar-refractivity contribution in [3.05, 3.63) is 54.6 Å². The topological polar surface area (TPSA) is 70.5 Å². The molecule has 1 aliphatic heterocycles.